The van der Waals surface area contributed by atoms with Crippen molar-refractivity contribution in [3.05, 3.63) is 88.8 Å². The van der Waals surface area contributed by atoms with Crippen molar-refractivity contribution in [1.82, 2.24) is 9.62 Å². The normalized spacial score (nSPS) is 13.2. The van der Waals surface area contributed by atoms with Gasteiger partial charge in [-0.25, -0.2) is 8.42 Å². The fraction of sp³-hybridized carbons (Fsp3) is 0.200. The first-order valence-corrected chi connectivity index (χ1v) is 13.1. The van der Waals surface area contributed by atoms with Gasteiger partial charge in [0.1, 0.15) is 5.75 Å². The molecule has 0 aliphatic carbocycles. The zero-order chi connectivity index (χ0) is 25.0. The summed E-state index contributed by atoms with van der Waals surface area (Å²) in [7, 11) is -2.11. The molecule has 1 aliphatic rings. The number of amides is 2. The Morgan fingerprint density at radius 1 is 1.11 bits per heavy atom. The van der Waals surface area contributed by atoms with E-state index in [1.54, 1.807) is 13.2 Å². The molecule has 3 aromatic rings. The molecule has 0 spiro atoms. The van der Waals surface area contributed by atoms with Crippen molar-refractivity contribution < 1.29 is 22.7 Å². The van der Waals surface area contributed by atoms with E-state index in [0.717, 1.165) is 21.8 Å². The fourth-order valence-electron chi connectivity index (χ4n) is 3.69. The number of hydrogen-bond acceptors (Lipinski definition) is 6. The van der Waals surface area contributed by atoms with Gasteiger partial charge >= 0.3 is 0 Å². The minimum atomic E-state index is -3.72. The van der Waals surface area contributed by atoms with Crippen LogP contribution in [0.15, 0.2) is 72.1 Å². The summed E-state index contributed by atoms with van der Waals surface area (Å²) in [4.78, 5) is 25.0. The zero-order valence-electron chi connectivity index (χ0n) is 19.1. The van der Waals surface area contributed by atoms with Crippen molar-refractivity contribution in [1.29, 1.82) is 0 Å². The van der Waals surface area contributed by atoms with Crippen molar-refractivity contribution in [3.8, 4) is 5.75 Å². The molecule has 4 rings (SSSR count). The van der Waals surface area contributed by atoms with Gasteiger partial charge in [0.2, 0.25) is 15.9 Å². The number of carbonyl (C=O) groups excluding carboxylic acids is 2. The van der Waals surface area contributed by atoms with Crippen molar-refractivity contribution >= 4 is 38.2 Å². The van der Waals surface area contributed by atoms with E-state index in [0.29, 0.717) is 23.5 Å². The molecule has 35 heavy (non-hydrogen) atoms. The number of carbonyl (C=O) groups is 2. The molecule has 1 aromatic heterocycles. The SMILES string of the molecule is C=CC(=O)Nc1cc2c(s1)CN(S(=O)(=O)c1ccc(C(=O)NCCc3ccc(OC)cc3)cc1)C2. The first kappa shape index (κ1) is 24.6. The molecule has 0 unspecified atom stereocenters. The standard InChI is InChI=1S/C25H25N3O5S2/c1-3-23(29)27-24-14-19-15-28(16-22(19)34-24)35(31,32)21-10-6-18(7-11-21)25(30)26-13-12-17-4-8-20(33-2)9-5-17/h3-11,14H,1,12-13,15-16H2,2H3,(H,26,30)(H,27,29). The van der Waals surface area contributed by atoms with Crippen molar-refractivity contribution in [2.75, 3.05) is 19.0 Å². The number of rotatable bonds is 9. The minimum absolute atomic E-state index is 0.127. The van der Waals surface area contributed by atoms with Crippen molar-refractivity contribution in [2.45, 2.75) is 24.4 Å². The van der Waals surface area contributed by atoms with Crippen LogP contribution >= 0.6 is 11.3 Å². The summed E-state index contributed by atoms with van der Waals surface area (Å²) in [5.74, 6) is 0.207. The van der Waals surface area contributed by atoms with E-state index in [4.69, 9.17) is 4.74 Å². The largest absolute Gasteiger partial charge is 0.497 e. The average molecular weight is 512 g/mol. The molecule has 182 valence electrons. The number of methoxy groups -OCH3 is 1. The molecular weight excluding hydrogens is 486 g/mol. The highest BCUT2D eigenvalue weighted by molar-refractivity contribution is 7.89. The van der Waals surface area contributed by atoms with E-state index in [1.165, 1.54) is 46.0 Å². The highest BCUT2D eigenvalue weighted by Gasteiger charge is 2.32. The molecule has 2 aromatic carbocycles. The molecule has 0 saturated carbocycles. The maximum atomic E-state index is 13.1. The van der Waals surface area contributed by atoms with E-state index < -0.39 is 10.0 Å². The second-order valence-electron chi connectivity index (χ2n) is 7.90. The Hall–Kier alpha value is -3.47. The van der Waals surface area contributed by atoms with Gasteiger partial charge in [0.05, 0.1) is 17.0 Å². The van der Waals surface area contributed by atoms with Crippen LogP contribution in [0.2, 0.25) is 0 Å². The predicted octanol–water partition coefficient (Wildman–Crippen LogP) is 3.56. The van der Waals surface area contributed by atoms with Crippen LogP contribution in [0.4, 0.5) is 5.00 Å². The molecule has 0 bridgehead atoms. The molecule has 0 saturated heterocycles. The lowest BCUT2D eigenvalue weighted by molar-refractivity contribution is -0.111. The van der Waals surface area contributed by atoms with Gasteiger partial charge in [-0.1, -0.05) is 18.7 Å². The Labute approximate surface area is 208 Å². The Bertz CT molecular complexity index is 1320. The maximum Gasteiger partial charge on any atom is 0.251 e. The number of ether oxygens (including phenoxy) is 1. The van der Waals surface area contributed by atoms with Gasteiger partial charge in [-0.3, -0.25) is 9.59 Å². The number of nitrogens with zero attached hydrogens (tertiary/aromatic N) is 1. The molecule has 1 aliphatic heterocycles. The van der Waals surface area contributed by atoms with Crippen LogP contribution in [0, 0.1) is 0 Å². The Morgan fingerprint density at radius 2 is 1.83 bits per heavy atom. The number of thiophene rings is 1. The summed E-state index contributed by atoms with van der Waals surface area (Å²) in [5.41, 5.74) is 2.33. The van der Waals surface area contributed by atoms with Crippen LogP contribution in [0.25, 0.3) is 0 Å². The molecule has 10 heteroatoms. The van der Waals surface area contributed by atoms with Crippen LogP contribution in [-0.4, -0.2) is 38.2 Å². The fourth-order valence-corrected chi connectivity index (χ4v) is 6.25. The van der Waals surface area contributed by atoms with Gasteiger partial charge in [0.15, 0.2) is 0 Å². The van der Waals surface area contributed by atoms with Gasteiger partial charge in [0, 0.05) is 30.1 Å². The molecular formula is C25H25N3O5S2. The lowest BCUT2D eigenvalue weighted by Crippen LogP contribution is -2.27. The van der Waals surface area contributed by atoms with Crippen LogP contribution in [0.1, 0.15) is 26.4 Å². The van der Waals surface area contributed by atoms with Crippen molar-refractivity contribution in [3.63, 3.8) is 0 Å². The topological polar surface area (TPSA) is 105 Å². The number of hydrogen-bond donors (Lipinski definition) is 2. The van der Waals surface area contributed by atoms with E-state index in [9.17, 15) is 18.0 Å². The average Bonchev–Trinajstić information content (AvgIpc) is 3.43. The molecule has 2 amide bonds. The summed E-state index contributed by atoms with van der Waals surface area (Å²) in [6.45, 7) is 4.34. The van der Waals surface area contributed by atoms with E-state index >= 15 is 0 Å². The van der Waals surface area contributed by atoms with E-state index in [-0.39, 0.29) is 29.8 Å². The highest BCUT2D eigenvalue weighted by atomic mass is 32.2. The van der Waals surface area contributed by atoms with Gasteiger partial charge in [-0.05, 0) is 66.1 Å². The number of nitrogens with one attached hydrogen (secondary N) is 2. The predicted molar refractivity (Wildman–Crippen MR) is 135 cm³/mol. The van der Waals surface area contributed by atoms with Gasteiger partial charge < -0.3 is 15.4 Å². The first-order chi connectivity index (χ1) is 16.8. The van der Waals surface area contributed by atoms with Crippen LogP contribution < -0.4 is 15.4 Å². The van der Waals surface area contributed by atoms with Gasteiger partial charge in [-0.2, -0.15) is 4.31 Å². The molecule has 0 atom stereocenters. The lowest BCUT2D eigenvalue weighted by Gasteiger charge is -2.16. The molecule has 0 fully saturated rings. The summed E-state index contributed by atoms with van der Waals surface area (Å²) < 4.78 is 32.7. The molecule has 8 nitrogen and oxygen atoms in total. The Kier molecular flexibility index (Phi) is 7.34. The Balaban J connectivity index is 1.33. The van der Waals surface area contributed by atoms with Crippen molar-refractivity contribution in [2.24, 2.45) is 0 Å². The van der Waals surface area contributed by atoms with Crippen LogP contribution in [0.5, 0.6) is 5.75 Å². The number of anilines is 1. The summed E-state index contributed by atoms with van der Waals surface area (Å²) in [6.07, 6.45) is 1.85. The van der Waals surface area contributed by atoms with Gasteiger partial charge in [-0.15, -0.1) is 11.3 Å². The smallest absolute Gasteiger partial charge is 0.251 e. The third kappa shape index (κ3) is 5.61. The van der Waals surface area contributed by atoms with E-state index in [1.807, 2.05) is 24.3 Å². The number of sulfonamides is 1. The quantitative estimate of drug-likeness (QED) is 0.428. The van der Waals surface area contributed by atoms with E-state index in [2.05, 4.69) is 17.2 Å². The summed E-state index contributed by atoms with van der Waals surface area (Å²) >= 11 is 1.35. The second kappa shape index (κ2) is 10.4. The molecule has 0 radical (unpaired) electrons. The summed E-state index contributed by atoms with van der Waals surface area (Å²) in [6, 6.07) is 15.4. The third-order valence-electron chi connectivity index (χ3n) is 5.61. The number of fused-ring (bicyclic) bond motifs is 1. The van der Waals surface area contributed by atoms with Crippen LogP contribution in [0.3, 0.4) is 0 Å². The number of benzene rings is 2. The second-order valence-corrected chi connectivity index (χ2v) is 11.0. The molecule has 2 heterocycles. The monoisotopic (exact) mass is 511 g/mol. The Morgan fingerprint density at radius 3 is 2.46 bits per heavy atom. The first-order valence-electron chi connectivity index (χ1n) is 10.9. The summed E-state index contributed by atoms with van der Waals surface area (Å²) in [5, 5.41) is 6.22. The maximum absolute atomic E-state index is 13.1. The van der Waals surface area contributed by atoms with Gasteiger partial charge in [0.25, 0.3) is 5.91 Å². The minimum Gasteiger partial charge on any atom is -0.497 e. The molecule has 2 N–H and O–H groups in total. The zero-order valence-corrected chi connectivity index (χ0v) is 20.7. The highest BCUT2D eigenvalue weighted by Crippen LogP contribution is 2.36. The third-order valence-corrected chi connectivity index (χ3v) is 8.49. The lowest BCUT2D eigenvalue weighted by atomic mass is 10.1. The van der Waals surface area contributed by atoms with Crippen LogP contribution in [-0.2, 0) is 34.3 Å².